The van der Waals surface area contributed by atoms with Crippen molar-refractivity contribution in [2.45, 2.75) is 6.54 Å². The minimum atomic E-state index is -0.530. The second-order valence-corrected chi connectivity index (χ2v) is 4.02. The topological polar surface area (TPSA) is 47.3 Å². The molecule has 1 aromatic rings. The summed E-state index contributed by atoms with van der Waals surface area (Å²) in [6.07, 6.45) is 0. The second kappa shape index (κ2) is 4.42. The van der Waals surface area contributed by atoms with Gasteiger partial charge in [-0.15, -0.1) is 0 Å². The predicted octanol–water partition coefficient (Wildman–Crippen LogP) is 1.56. The third kappa shape index (κ3) is 2.07. The zero-order valence-electron chi connectivity index (χ0n) is 9.48. The van der Waals surface area contributed by atoms with Crippen molar-refractivity contribution in [2.75, 3.05) is 20.1 Å². The lowest BCUT2D eigenvalue weighted by Crippen LogP contribution is -2.29. The lowest BCUT2D eigenvalue weighted by atomic mass is 10.1. The Morgan fingerprint density at radius 2 is 2.24 bits per heavy atom. The van der Waals surface area contributed by atoms with Crippen LogP contribution in [0.3, 0.4) is 0 Å². The van der Waals surface area contributed by atoms with E-state index in [1.54, 1.807) is 35.0 Å². The number of halogens is 1. The Bertz CT molecular complexity index is 495. The smallest absolute Gasteiger partial charge is 0.320 e. The Morgan fingerprint density at radius 3 is 2.82 bits per heavy atom. The molecule has 1 aliphatic heterocycles. The van der Waals surface area contributed by atoms with Crippen LogP contribution in [0.5, 0.6) is 0 Å². The molecule has 0 aromatic heterocycles. The molecule has 0 bridgehead atoms. The average Bonchev–Trinajstić information content (AvgIpc) is 2.64. The van der Waals surface area contributed by atoms with Crippen LogP contribution < -0.4 is 0 Å². The van der Waals surface area contributed by atoms with Crippen molar-refractivity contribution in [1.82, 2.24) is 9.80 Å². The number of amides is 2. The van der Waals surface area contributed by atoms with E-state index in [0.717, 1.165) is 0 Å². The van der Waals surface area contributed by atoms with E-state index in [1.807, 2.05) is 0 Å². The van der Waals surface area contributed by atoms with Gasteiger partial charge in [0.2, 0.25) is 0 Å². The molecule has 0 atom stereocenters. The van der Waals surface area contributed by atoms with Crippen molar-refractivity contribution in [1.29, 1.82) is 5.26 Å². The van der Waals surface area contributed by atoms with Crippen molar-refractivity contribution < 1.29 is 9.18 Å². The number of carbonyl (C=O) groups excluding carboxylic acids is 1. The Hall–Kier alpha value is -2.09. The zero-order chi connectivity index (χ0) is 12.4. The van der Waals surface area contributed by atoms with Gasteiger partial charge < -0.3 is 9.80 Å². The summed E-state index contributed by atoms with van der Waals surface area (Å²) in [5.74, 6) is -0.530. The van der Waals surface area contributed by atoms with Gasteiger partial charge in [0.1, 0.15) is 11.9 Å². The number of likely N-dealkylation sites (N-methyl/N-ethyl adjacent to an activating group) is 1. The summed E-state index contributed by atoms with van der Waals surface area (Å²) in [4.78, 5) is 14.8. The first-order valence-electron chi connectivity index (χ1n) is 5.31. The molecule has 0 radical (unpaired) electrons. The first kappa shape index (κ1) is 11.4. The molecule has 0 unspecified atom stereocenters. The quantitative estimate of drug-likeness (QED) is 0.778. The molecule has 1 heterocycles. The minimum Gasteiger partial charge on any atom is -0.326 e. The maximum atomic E-state index is 13.8. The summed E-state index contributed by atoms with van der Waals surface area (Å²) in [6, 6.07) is 6.34. The molecule has 2 amide bonds. The Balaban J connectivity index is 2.20. The number of benzene rings is 1. The molecule has 17 heavy (non-hydrogen) atoms. The molecular formula is C12H12FN3O. The average molecular weight is 233 g/mol. The maximum absolute atomic E-state index is 13.8. The molecule has 1 saturated heterocycles. The van der Waals surface area contributed by atoms with E-state index in [2.05, 4.69) is 0 Å². The van der Waals surface area contributed by atoms with Gasteiger partial charge in [-0.2, -0.15) is 5.26 Å². The van der Waals surface area contributed by atoms with Crippen LogP contribution in [0, 0.1) is 17.1 Å². The number of nitrogens with zero attached hydrogens (tertiary/aromatic N) is 3. The fourth-order valence-electron chi connectivity index (χ4n) is 1.84. The van der Waals surface area contributed by atoms with Gasteiger partial charge in [0.25, 0.3) is 0 Å². The molecule has 1 aliphatic rings. The van der Waals surface area contributed by atoms with E-state index in [0.29, 0.717) is 18.7 Å². The third-order valence-corrected chi connectivity index (χ3v) is 2.86. The van der Waals surface area contributed by atoms with Gasteiger partial charge in [-0.05, 0) is 6.07 Å². The molecule has 1 fully saturated rings. The van der Waals surface area contributed by atoms with Crippen molar-refractivity contribution in [3.8, 4) is 6.07 Å². The molecule has 2 rings (SSSR count). The normalized spacial score (nSPS) is 15.2. The summed E-state index contributed by atoms with van der Waals surface area (Å²) in [6.45, 7) is 1.45. The van der Waals surface area contributed by atoms with Gasteiger partial charge in [-0.1, -0.05) is 12.1 Å². The fraction of sp³-hybridized carbons (Fsp3) is 0.333. The van der Waals surface area contributed by atoms with Gasteiger partial charge in [-0.3, -0.25) is 0 Å². The lowest BCUT2D eigenvalue weighted by molar-refractivity contribution is 0.196. The van der Waals surface area contributed by atoms with Crippen LogP contribution in [0.4, 0.5) is 9.18 Å². The molecule has 88 valence electrons. The summed E-state index contributed by atoms with van der Waals surface area (Å²) in [5, 5.41) is 8.72. The van der Waals surface area contributed by atoms with E-state index in [4.69, 9.17) is 5.26 Å². The maximum Gasteiger partial charge on any atom is 0.320 e. The SMILES string of the molecule is CN1CCN(Cc2cccc(C#N)c2F)C1=O. The van der Waals surface area contributed by atoms with Crippen molar-refractivity contribution in [2.24, 2.45) is 0 Å². The molecule has 1 aromatic carbocycles. The predicted molar refractivity (Wildman–Crippen MR) is 59.6 cm³/mol. The van der Waals surface area contributed by atoms with Gasteiger partial charge in [0, 0.05) is 25.7 Å². The van der Waals surface area contributed by atoms with Crippen LogP contribution in [0.25, 0.3) is 0 Å². The first-order valence-corrected chi connectivity index (χ1v) is 5.31. The van der Waals surface area contributed by atoms with Crippen LogP contribution in [-0.2, 0) is 6.54 Å². The lowest BCUT2D eigenvalue weighted by Gasteiger charge is -2.16. The standard InChI is InChI=1S/C12H12FN3O/c1-15-5-6-16(12(15)17)8-10-4-2-3-9(7-14)11(10)13/h2-4H,5-6,8H2,1H3. The summed E-state index contributed by atoms with van der Waals surface area (Å²) < 4.78 is 13.8. The van der Waals surface area contributed by atoms with Crippen molar-refractivity contribution in [3.63, 3.8) is 0 Å². The monoisotopic (exact) mass is 233 g/mol. The highest BCUT2D eigenvalue weighted by Crippen LogP contribution is 2.17. The van der Waals surface area contributed by atoms with Crippen molar-refractivity contribution >= 4 is 6.03 Å². The van der Waals surface area contributed by atoms with E-state index >= 15 is 0 Å². The van der Waals surface area contributed by atoms with Crippen LogP contribution in [0.15, 0.2) is 18.2 Å². The Labute approximate surface area is 98.9 Å². The number of urea groups is 1. The highest BCUT2D eigenvalue weighted by atomic mass is 19.1. The van der Waals surface area contributed by atoms with E-state index in [9.17, 15) is 9.18 Å². The van der Waals surface area contributed by atoms with Gasteiger partial charge in [0.15, 0.2) is 0 Å². The molecule has 5 heteroatoms. The zero-order valence-corrected chi connectivity index (χ0v) is 9.48. The summed E-state index contributed by atoms with van der Waals surface area (Å²) >= 11 is 0. The Morgan fingerprint density at radius 1 is 1.47 bits per heavy atom. The van der Waals surface area contributed by atoms with Gasteiger partial charge in [-0.25, -0.2) is 9.18 Å². The Kier molecular flexibility index (Phi) is 2.96. The number of hydrogen-bond acceptors (Lipinski definition) is 2. The summed E-state index contributed by atoms with van der Waals surface area (Å²) in [7, 11) is 1.71. The first-order chi connectivity index (χ1) is 8.13. The number of nitriles is 1. The van der Waals surface area contributed by atoms with Crippen LogP contribution in [0.1, 0.15) is 11.1 Å². The van der Waals surface area contributed by atoms with E-state index in [-0.39, 0.29) is 18.1 Å². The second-order valence-electron chi connectivity index (χ2n) is 4.02. The highest BCUT2D eigenvalue weighted by Gasteiger charge is 2.26. The van der Waals surface area contributed by atoms with E-state index < -0.39 is 5.82 Å². The van der Waals surface area contributed by atoms with Crippen molar-refractivity contribution in [3.05, 3.63) is 35.1 Å². The van der Waals surface area contributed by atoms with Gasteiger partial charge >= 0.3 is 6.03 Å². The van der Waals surface area contributed by atoms with Crippen LogP contribution in [0.2, 0.25) is 0 Å². The minimum absolute atomic E-state index is 0.0162. The molecule has 0 spiro atoms. The molecule has 0 N–H and O–H groups in total. The van der Waals surface area contributed by atoms with Gasteiger partial charge in [0.05, 0.1) is 12.1 Å². The molecule has 0 saturated carbocycles. The van der Waals surface area contributed by atoms with E-state index in [1.165, 1.54) is 6.07 Å². The van der Waals surface area contributed by atoms with Crippen LogP contribution in [-0.4, -0.2) is 36.0 Å². The van der Waals surface area contributed by atoms with Crippen LogP contribution >= 0.6 is 0 Å². The fourth-order valence-corrected chi connectivity index (χ4v) is 1.84. The number of carbonyl (C=O) groups is 1. The molecule has 0 aliphatic carbocycles. The number of rotatable bonds is 2. The molecular weight excluding hydrogens is 221 g/mol. The highest BCUT2D eigenvalue weighted by molar-refractivity contribution is 5.76. The number of hydrogen-bond donors (Lipinski definition) is 0. The third-order valence-electron chi connectivity index (χ3n) is 2.86. The largest absolute Gasteiger partial charge is 0.326 e. The molecule has 4 nitrogen and oxygen atoms in total. The summed E-state index contributed by atoms with van der Waals surface area (Å²) in [5.41, 5.74) is 0.398.